The van der Waals surface area contributed by atoms with Gasteiger partial charge in [-0.3, -0.25) is 14.4 Å². The minimum absolute atomic E-state index is 0.118. The third-order valence-corrected chi connectivity index (χ3v) is 8.30. The molecule has 304 valence electrons. The highest BCUT2D eigenvalue weighted by Crippen LogP contribution is 2.11. The van der Waals surface area contributed by atoms with Crippen LogP contribution in [0, 0.1) is 0 Å². The van der Waals surface area contributed by atoms with E-state index >= 15 is 0 Å². The fourth-order valence-electron chi connectivity index (χ4n) is 5.17. The Bertz CT molecular complexity index is 1140. The summed E-state index contributed by atoms with van der Waals surface area (Å²) in [6.07, 6.45) is 54.1. The summed E-state index contributed by atoms with van der Waals surface area (Å²) in [6, 6.07) is 0. The fourth-order valence-corrected chi connectivity index (χ4v) is 5.17. The first-order valence-corrected chi connectivity index (χ1v) is 21.2. The normalized spacial score (nSPS) is 13.0. The van der Waals surface area contributed by atoms with Gasteiger partial charge in [-0.1, -0.05) is 150 Å². The lowest BCUT2D eigenvalue weighted by molar-refractivity contribution is -0.166. The van der Waals surface area contributed by atoms with Crippen molar-refractivity contribution >= 4 is 17.9 Å². The highest BCUT2D eigenvalue weighted by molar-refractivity contribution is 5.71. The third kappa shape index (κ3) is 39.5. The molecule has 0 radical (unpaired) electrons. The van der Waals surface area contributed by atoms with Gasteiger partial charge in [0.05, 0.1) is 0 Å². The van der Waals surface area contributed by atoms with Crippen LogP contribution in [-0.4, -0.2) is 37.2 Å². The van der Waals surface area contributed by atoms with Gasteiger partial charge in [-0.15, -0.1) is 0 Å². The molecular weight excluding hydrogens is 673 g/mol. The highest BCUT2D eigenvalue weighted by atomic mass is 16.6. The molecule has 0 aromatic rings. The number of carbonyl (C=O) groups excluding carboxylic acids is 3. The van der Waals surface area contributed by atoms with Crippen molar-refractivity contribution in [3.05, 3.63) is 97.2 Å². The molecule has 0 saturated heterocycles. The molecule has 0 N–H and O–H groups in total. The van der Waals surface area contributed by atoms with Gasteiger partial charge < -0.3 is 14.2 Å². The number of carbonyl (C=O) groups is 3. The molecule has 0 heterocycles. The predicted molar refractivity (Wildman–Crippen MR) is 228 cm³/mol. The van der Waals surface area contributed by atoms with Crippen LogP contribution in [0.2, 0.25) is 0 Å². The highest BCUT2D eigenvalue weighted by Gasteiger charge is 2.19. The van der Waals surface area contributed by atoms with E-state index in [1.807, 2.05) is 12.2 Å². The molecule has 6 nitrogen and oxygen atoms in total. The Hall–Kier alpha value is -3.67. The maximum absolute atomic E-state index is 12.7. The van der Waals surface area contributed by atoms with Crippen molar-refractivity contribution in [2.75, 3.05) is 13.2 Å². The Balaban J connectivity index is 4.57. The van der Waals surface area contributed by atoms with Crippen LogP contribution in [0.4, 0.5) is 0 Å². The molecule has 6 heteroatoms. The standard InChI is InChI=1S/C48H76O6/c1-4-7-10-13-16-19-22-24-26-29-32-35-38-41-47(50)53-44-45(43-52-46(49)40-37-34-31-28-21-18-15-12-9-6-3)54-48(51)42-39-36-33-30-27-25-23-20-17-14-11-8-5-2/h7-8,10-12,15-17,19-20,24-27,32,35,45H,4-6,9,13-14,18,21-23,28-31,33-34,36-44H2,1-3H3/b10-7-,11-8-,15-12-,19-16-,20-17-,26-24-,27-25-,35-32-. The molecule has 0 saturated carbocycles. The van der Waals surface area contributed by atoms with Crippen LogP contribution in [-0.2, 0) is 28.6 Å². The first-order valence-electron chi connectivity index (χ1n) is 21.2. The Morgan fingerprint density at radius 1 is 0.389 bits per heavy atom. The SMILES string of the molecule is CC/C=C\C/C=C\C/C=C\C/C=C\CCC(=O)OCC(COC(=O)CCCCCCC/C=C\CCC)OC(=O)CCCCC/C=C\C/C=C\C/C=C\CC. The van der Waals surface area contributed by atoms with E-state index in [-0.39, 0.29) is 44.0 Å². The van der Waals surface area contributed by atoms with E-state index in [0.29, 0.717) is 19.3 Å². The topological polar surface area (TPSA) is 78.9 Å². The lowest BCUT2D eigenvalue weighted by Crippen LogP contribution is -2.30. The van der Waals surface area contributed by atoms with Crippen molar-refractivity contribution in [3.63, 3.8) is 0 Å². The number of allylic oxidation sites excluding steroid dienone is 16. The summed E-state index contributed by atoms with van der Waals surface area (Å²) in [7, 11) is 0. The second-order valence-electron chi connectivity index (χ2n) is 13.5. The third-order valence-electron chi connectivity index (χ3n) is 8.30. The second kappa shape index (κ2) is 42.1. The zero-order valence-corrected chi connectivity index (χ0v) is 34.4. The van der Waals surface area contributed by atoms with Gasteiger partial charge in [0.1, 0.15) is 13.2 Å². The number of ether oxygens (including phenoxy) is 3. The Morgan fingerprint density at radius 2 is 0.759 bits per heavy atom. The summed E-state index contributed by atoms with van der Waals surface area (Å²) in [6.45, 7) is 6.20. The number of esters is 3. The molecule has 0 spiro atoms. The Labute approximate surface area is 330 Å². The number of unbranched alkanes of at least 4 members (excludes halogenated alkanes) is 9. The summed E-state index contributed by atoms with van der Waals surface area (Å²) in [5.41, 5.74) is 0. The minimum Gasteiger partial charge on any atom is -0.462 e. The molecule has 1 atom stereocenters. The van der Waals surface area contributed by atoms with Crippen LogP contribution in [0.1, 0.15) is 168 Å². The maximum Gasteiger partial charge on any atom is 0.306 e. The van der Waals surface area contributed by atoms with Gasteiger partial charge in [0.25, 0.3) is 0 Å². The number of hydrogen-bond acceptors (Lipinski definition) is 6. The van der Waals surface area contributed by atoms with Crippen molar-refractivity contribution in [2.45, 2.75) is 175 Å². The van der Waals surface area contributed by atoms with E-state index in [9.17, 15) is 14.4 Å². The molecule has 0 aromatic heterocycles. The molecule has 0 fully saturated rings. The molecule has 0 bridgehead atoms. The summed E-state index contributed by atoms with van der Waals surface area (Å²) >= 11 is 0. The summed E-state index contributed by atoms with van der Waals surface area (Å²) in [4.78, 5) is 37.6. The fraction of sp³-hybridized carbons (Fsp3) is 0.604. The molecule has 54 heavy (non-hydrogen) atoms. The number of rotatable bonds is 36. The van der Waals surface area contributed by atoms with E-state index in [1.54, 1.807) is 0 Å². The lowest BCUT2D eigenvalue weighted by atomic mass is 10.1. The largest absolute Gasteiger partial charge is 0.462 e. The van der Waals surface area contributed by atoms with Crippen LogP contribution >= 0.6 is 0 Å². The minimum atomic E-state index is -0.822. The van der Waals surface area contributed by atoms with Crippen LogP contribution in [0.25, 0.3) is 0 Å². The van der Waals surface area contributed by atoms with Gasteiger partial charge in [-0.2, -0.15) is 0 Å². The zero-order chi connectivity index (χ0) is 39.4. The molecule has 0 aromatic carbocycles. The smallest absolute Gasteiger partial charge is 0.306 e. The summed E-state index contributed by atoms with van der Waals surface area (Å²) < 4.78 is 16.5. The van der Waals surface area contributed by atoms with Crippen molar-refractivity contribution in [1.29, 1.82) is 0 Å². The lowest BCUT2D eigenvalue weighted by Gasteiger charge is -2.18. The van der Waals surface area contributed by atoms with Gasteiger partial charge in [0.2, 0.25) is 0 Å². The number of hydrogen-bond donors (Lipinski definition) is 0. The van der Waals surface area contributed by atoms with E-state index in [1.165, 1.54) is 12.8 Å². The van der Waals surface area contributed by atoms with E-state index in [0.717, 1.165) is 103 Å². The van der Waals surface area contributed by atoms with Crippen LogP contribution in [0.5, 0.6) is 0 Å². The molecule has 0 amide bonds. The molecule has 0 rings (SSSR count). The average molecular weight is 749 g/mol. The Kier molecular flexibility index (Phi) is 39.2. The van der Waals surface area contributed by atoms with Crippen LogP contribution < -0.4 is 0 Å². The van der Waals surface area contributed by atoms with Gasteiger partial charge in [-0.25, -0.2) is 0 Å². The first kappa shape index (κ1) is 50.3. The van der Waals surface area contributed by atoms with Crippen LogP contribution in [0.15, 0.2) is 97.2 Å². The zero-order valence-electron chi connectivity index (χ0n) is 34.4. The molecule has 0 aliphatic carbocycles. The predicted octanol–water partition coefficient (Wildman–Crippen LogP) is 13.5. The first-order chi connectivity index (χ1) is 26.5. The summed E-state index contributed by atoms with van der Waals surface area (Å²) in [5, 5.41) is 0. The Morgan fingerprint density at radius 3 is 1.28 bits per heavy atom. The molecule has 1 unspecified atom stereocenters. The molecular formula is C48H76O6. The van der Waals surface area contributed by atoms with E-state index < -0.39 is 6.10 Å². The van der Waals surface area contributed by atoms with Crippen molar-refractivity contribution in [3.8, 4) is 0 Å². The van der Waals surface area contributed by atoms with Crippen LogP contribution in [0.3, 0.4) is 0 Å². The van der Waals surface area contributed by atoms with Gasteiger partial charge >= 0.3 is 17.9 Å². The monoisotopic (exact) mass is 749 g/mol. The molecule has 0 aliphatic heterocycles. The second-order valence-corrected chi connectivity index (χ2v) is 13.5. The van der Waals surface area contributed by atoms with Crippen molar-refractivity contribution in [1.82, 2.24) is 0 Å². The maximum atomic E-state index is 12.7. The van der Waals surface area contributed by atoms with Crippen molar-refractivity contribution in [2.24, 2.45) is 0 Å². The van der Waals surface area contributed by atoms with E-state index in [4.69, 9.17) is 14.2 Å². The average Bonchev–Trinajstić information content (AvgIpc) is 3.17. The molecule has 0 aliphatic rings. The quantitative estimate of drug-likeness (QED) is 0.0275. The van der Waals surface area contributed by atoms with Gasteiger partial charge in [0, 0.05) is 19.3 Å². The van der Waals surface area contributed by atoms with Gasteiger partial charge in [-0.05, 0) is 96.3 Å². The summed E-state index contributed by atoms with van der Waals surface area (Å²) in [5.74, 6) is -1.06. The van der Waals surface area contributed by atoms with Gasteiger partial charge in [0.15, 0.2) is 6.10 Å². The van der Waals surface area contributed by atoms with Crippen molar-refractivity contribution < 1.29 is 28.6 Å². The van der Waals surface area contributed by atoms with E-state index in [2.05, 4.69) is 106 Å².